The number of esters is 1. The van der Waals surface area contributed by atoms with Crippen molar-refractivity contribution in [1.82, 2.24) is 5.32 Å². The Balaban J connectivity index is 1.72. The van der Waals surface area contributed by atoms with E-state index >= 15 is 0 Å². The third-order valence-electron chi connectivity index (χ3n) is 4.47. The van der Waals surface area contributed by atoms with Gasteiger partial charge in [-0.15, -0.1) is 11.3 Å². The van der Waals surface area contributed by atoms with Crippen molar-refractivity contribution in [2.75, 3.05) is 13.7 Å². The molecule has 1 N–H and O–H groups in total. The van der Waals surface area contributed by atoms with Crippen molar-refractivity contribution in [3.05, 3.63) is 76.0 Å². The minimum absolute atomic E-state index is 0.0579. The highest BCUT2D eigenvalue weighted by Gasteiger charge is 2.20. The fourth-order valence-corrected chi connectivity index (χ4v) is 3.75. The second kappa shape index (κ2) is 11.2. The first-order valence-electron chi connectivity index (χ1n) is 9.91. The number of carbonyl (C=O) groups excluding carboxylic acids is 2. The highest BCUT2D eigenvalue weighted by Crippen LogP contribution is 2.41. The van der Waals surface area contributed by atoms with Crippen molar-refractivity contribution >= 4 is 23.2 Å². The van der Waals surface area contributed by atoms with Crippen molar-refractivity contribution in [2.24, 2.45) is 0 Å². The van der Waals surface area contributed by atoms with E-state index in [0.717, 1.165) is 12.0 Å². The zero-order chi connectivity index (χ0) is 22.1. The van der Waals surface area contributed by atoms with Crippen LogP contribution in [0, 0.1) is 0 Å². The number of nitrogens with one attached hydrogen (secondary N) is 1. The van der Waals surface area contributed by atoms with Crippen LogP contribution in [-0.4, -0.2) is 25.5 Å². The number of thiophene rings is 1. The molecule has 0 aliphatic heterocycles. The summed E-state index contributed by atoms with van der Waals surface area (Å²) in [6.45, 7) is 2.18. The van der Waals surface area contributed by atoms with E-state index in [9.17, 15) is 9.59 Å². The van der Waals surface area contributed by atoms with Gasteiger partial charge in [-0.2, -0.15) is 0 Å². The van der Waals surface area contributed by atoms with Gasteiger partial charge >= 0.3 is 5.97 Å². The summed E-state index contributed by atoms with van der Waals surface area (Å²) in [5.74, 6) is 0.260. The lowest BCUT2D eigenvalue weighted by molar-refractivity contribution is -0.132. The van der Waals surface area contributed by atoms with Gasteiger partial charge in [0.25, 0.3) is 0 Å². The SMILES string of the molecule is COc1c(OCc2ccccc2)ccc(CC(=O)NCCc2cccs2)c1OC(C)=O. The molecule has 1 heterocycles. The smallest absolute Gasteiger partial charge is 0.308 e. The van der Waals surface area contributed by atoms with Crippen LogP contribution in [-0.2, 0) is 29.0 Å². The van der Waals surface area contributed by atoms with Crippen LogP contribution >= 0.6 is 11.3 Å². The van der Waals surface area contributed by atoms with Crippen LogP contribution in [0.1, 0.15) is 22.9 Å². The average molecular weight is 440 g/mol. The average Bonchev–Trinajstić information content (AvgIpc) is 3.27. The van der Waals surface area contributed by atoms with E-state index < -0.39 is 5.97 Å². The highest BCUT2D eigenvalue weighted by molar-refractivity contribution is 7.09. The Hall–Kier alpha value is -3.32. The molecule has 0 aliphatic carbocycles. The Bertz CT molecular complexity index is 1000. The normalized spacial score (nSPS) is 10.4. The van der Waals surface area contributed by atoms with Crippen LogP contribution in [0.3, 0.4) is 0 Å². The third-order valence-corrected chi connectivity index (χ3v) is 5.41. The quantitative estimate of drug-likeness (QED) is 0.379. The summed E-state index contributed by atoms with van der Waals surface area (Å²) < 4.78 is 16.8. The summed E-state index contributed by atoms with van der Waals surface area (Å²) in [5.41, 5.74) is 1.54. The predicted octanol–water partition coefficient (Wildman–Crippen LogP) is 4.16. The molecule has 3 aromatic rings. The number of amides is 1. The Morgan fingerprint density at radius 3 is 2.48 bits per heavy atom. The van der Waals surface area contributed by atoms with Crippen LogP contribution in [0.4, 0.5) is 0 Å². The molecule has 0 aliphatic rings. The van der Waals surface area contributed by atoms with E-state index in [0.29, 0.717) is 24.5 Å². The third kappa shape index (κ3) is 6.58. The molecular weight excluding hydrogens is 414 g/mol. The van der Waals surface area contributed by atoms with Gasteiger partial charge in [0.05, 0.1) is 13.5 Å². The topological polar surface area (TPSA) is 73.9 Å². The van der Waals surface area contributed by atoms with E-state index in [-0.39, 0.29) is 23.8 Å². The zero-order valence-corrected chi connectivity index (χ0v) is 18.4. The minimum atomic E-state index is -0.502. The Kier molecular flexibility index (Phi) is 8.06. The monoisotopic (exact) mass is 439 g/mol. The lowest BCUT2D eigenvalue weighted by Crippen LogP contribution is -2.27. The zero-order valence-electron chi connectivity index (χ0n) is 17.6. The molecule has 7 heteroatoms. The number of hydrogen-bond donors (Lipinski definition) is 1. The largest absolute Gasteiger partial charge is 0.490 e. The Morgan fingerprint density at radius 2 is 1.81 bits per heavy atom. The minimum Gasteiger partial charge on any atom is -0.490 e. The Labute approximate surface area is 185 Å². The Morgan fingerprint density at radius 1 is 1.00 bits per heavy atom. The van der Waals surface area contributed by atoms with Gasteiger partial charge in [0.15, 0.2) is 11.5 Å². The molecule has 1 aromatic heterocycles. The molecule has 0 spiro atoms. The van der Waals surface area contributed by atoms with E-state index in [1.165, 1.54) is 18.9 Å². The molecule has 6 nitrogen and oxygen atoms in total. The van der Waals surface area contributed by atoms with Crippen LogP contribution in [0.5, 0.6) is 17.2 Å². The van der Waals surface area contributed by atoms with Crippen LogP contribution in [0.15, 0.2) is 60.0 Å². The number of methoxy groups -OCH3 is 1. The molecule has 0 bridgehead atoms. The van der Waals surface area contributed by atoms with Gasteiger partial charge in [-0.05, 0) is 29.5 Å². The summed E-state index contributed by atoms with van der Waals surface area (Å²) in [6.07, 6.45) is 0.832. The molecule has 3 rings (SSSR count). The second-order valence-corrected chi connectivity index (χ2v) is 7.84. The van der Waals surface area contributed by atoms with Crippen LogP contribution in [0.25, 0.3) is 0 Å². The summed E-state index contributed by atoms with van der Waals surface area (Å²) in [6, 6.07) is 17.2. The molecule has 0 atom stereocenters. The molecule has 0 saturated carbocycles. The number of benzene rings is 2. The molecule has 0 fully saturated rings. The van der Waals surface area contributed by atoms with E-state index in [4.69, 9.17) is 14.2 Å². The first kappa shape index (κ1) is 22.4. The fourth-order valence-electron chi connectivity index (χ4n) is 3.04. The molecule has 0 saturated heterocycles. The molecule has 0 unspecified atom stereocenters. The summed E-state index contributed by atoms with van der Waals surface area (Å²) in [5, 5.41) is 4.91. The van der Waals surface area contributed by atoms with Gasteiger partial charge in [0, 0.05) is 23.9 Å². The standard InChI is InChI=1S/C24H25NO5S/c1-17(26)30-23-19(15-22(27)25-13-12-20-9-6-14-31-20)10-11-21(24(23)28-2)29-16-18-7-4-3-5-8-18/h3-11,14H,12-13,15-16H2,1-2H3,(H,25,27). The molecule has 162 valence electrons. The second-order valence-electron chi connectivity index (χ2n) is 6.81. The van der Waals surface area contributed by atoms with Gasteiger partial charge < -0.3 is 19.5 Å². The summed E-state index contributed by atoms with van der Waals surface area (Å²) >= 11 is 1.66. The molecule has 0 radical (unpaired) electrons. The summed E-state index contributed by atoms with van der Waals surface area (Å²) in [4.78, 5) is 25.4. The van der Waals surface area contributed by atoms with E-state index in [2.05, 4.69) is 5.32 Å². The van der Waals surface area contributed by atoms with E-state index in [1.54, 1.807) is 23.5 Å². The molecule has 2 aromatic carbocycles. The van der Waals surface area contributed by atoms with Crippen molar-refractivity contribution in [3.8, 4) is 17.2 Å². The molecule has 1 amide bonds. The first-order valence-corrected chi connectivity index (χ1v) is 10.8. The maximum atomic E-state index is 12.5. The molecular formula is C24H25NO5S. The van der Waals surface area contributed by atoms with Crippen LogP contribution < -0.4 is 19.5 Å². The van der Waals surface area contributed by atoms with Crippen molar-refractivity contribution in [2.45, 2.75) is 26.4 Å². The number of ether oxygens (including phenoxy) is 3. The highest BCUT2D eigenvalue weighted by atomic mass is 32.1. The van der Waals surface area contributed by atoms with Crippen molar-refractivity contribution in [3.63, 3.8) is 0 Å². The van der Waals surface area contributed by atoms with Crippen LogP contribution in [0.2, 0.25) is 0 Å². The number of rotatable bonds is 10. The van der Waals surface area contributed by atoms with Gasteiger partial charge in [0.1, 0.15) is 6.61 Å². The maximum absolute atomic E-state index is 12.5. The van der Waals surface area contributed by atoms with Gasteiger partial charge in [-0.25, -0.2) is 0 Å². The lowest BCUT2D eigenvalue weighted by Gasteiger charge is -2.17. The number of hydrogen-bond acceptors (Lipinski definition) is 6. The summed E-state index contributed by atoms with van der Waals surface area (Å²) in [7, 11) is 1.47. The van der Waals surface area contributed by atoms with E-state index in [1.807, 2.05) is 47.8 Å². The van der Waals surface area contributed by atoms with Gasteiger partial charge in [0.2, 0.25) is 11.7 Å². The maximum Gasteiger partial charge on any atom is 0.308 e. The lowest BCUT2D eigenvalue weighted by atomic mass is 10.1. The fraction of sp³-hybridized carbons (Fsp3) is 0.250. The van der Waals surface area contributed by atoms with Crippen molar-refractivity contribution < 1.29 is 23.8 Å². The number of carbonyl (C=O) groups is 2. The molecule has 31 heavy (non-hydrogen) atoms. The predicted molar refractivity (Wildman–Crippen MR) is 120 cm³/mol. The van der Waals surface area contributed by atoms with Gasteiger partial charge in [-0.1, -0.05) is 42.5 Å². The first-order chi connectivity index (χ1) is 15.1. The van der Waals surface area contributed by atoms with Crippen molar-refractivity contribution in [1.29, 1.82) is 0 Å². The van der Waals surface area contributed by atoms with Gasteiger partial charge in [-0.3, -0.25) is 9.59 Å².